The van der Waals surface area contributed by atoms with Crippen LogP contribution >= 0.6 is 0 Å². The summed E-state index contributed by atoms with van der Waals surface area (Å²) < 4.78 is 5.46. The van der Waals surface area contributed by atoms with E-state index in [9.17, 15) is 0 Å². The smallest absolute Gasteiger partial charge is 0.191 e. The van der Waals surface area contributed by atoms with Crippen LogP contribution in [-0.4, -0.2) is 26.2 Å². The Hall–Kier alpha value is -2.49. The maximum Gasteiger partial charge on any atom is 0.191 e. The first-order valence-corrected chi connectivity index (χ1v) is 8.37. The fourth-order valence-electron chi connectivity index (χ4n) is 2.97. The van der Waals surface area contributed by atoms with Crippen LogP contribution in [0, 0.1) is 6.92 Å². The summed E-state index contributed by atoms with van der Waals surface area (Å²) in [6.07, 6.45) is 1.15. The molecule has 126 valence electrons. The minimum Gasteiger partial charge on any atom is -0.496 e. The van der Waals surface area contributed by atoms with E-state index in [-0.39, 0.29) is 0 Å². The van der Waals surface area contributed by atoms with Crippen LogP contribution in [0.5, 0.6) is 5.75 Å². The molecule has 0 amide bonds. The Balaban J connectivity index is 1.55. The fraction of sp³-hybridized carbons (Fsp3) is 0.350. The summed E-state index contributed by atoms with van der Waals surface area (Å²) in [4.78, 5) is 4.34. The summed E-state index contributed by atoms with van der Waals surface area (Å²) in [5, 5.41) is 6.89. The fourth-order valence-corrected chi connectivity index (χ4v) is 2.97. The molecule has 1 aliphatic carbocycles. The van der Waals surface area contributed by atoms with Crippen molar-refractivity contribution < 1.29 is 4.74 Å². The van der Waals surface area contributed by atoms with Gasteiger partial charge in [-0.2, -0.15) is 0 Å². The second-order valence-corrected chi connectivity index (χ2v) is 6.24. The quantitative estimate of drug-likeness (QED) is 0.656. The molecule has 0 saturated heterocycles. The number of aryl methyl sites for hydroxylation is 1. The summed E-state index contributed by atoms with van der Waals surface area (Å²) in [5.74, 6) is 2.33. The van der Waals surface area contributed by atoms with Gasteiger partial charge < -0.3 is 15.4 Å². The van der Waals surface area contributed by atoms with Gasteiger partial charge in [-0.15, -0.1) is 0 Å². The van der Waals surface area contributed by atoms with Crippen LogP contribution < -0.4 is 15.4 Å². The number of nitrogens with zero attached hydrogens (tertiary/aromatic N) is 1. The lowest BCUT2D eigenvalue weighted by atomic mass is 10.1. The van der Waals surface area contributed by atoms with Gasteiger partial charge in [0.2, 0.25) is 0 Å². The minimum absolute atomic E-state index is 0.457. The third kappa shape index (κ3) is 3.88. The molecule has 2 aromatic rings. The summed E-state index contributed by atoms with van der Waals surface area (Å²) in [7, 11) is 3.52. The van der Waals surface area contributed by atoms with Crippen molar-refractivity contribution in [2.24, 2.45) is 4.99 Å². The van der Waals surface area contributed by atoms with Crippen molar-refractivity contribution in [3.8, 4) is 5.75 Å². The van der Waals surface area contributed by atoms with Gasteiger partial charge in [0.25, 0.3) is 0 Å². The predicted octanol–water partition coefficient (Wildman–Crippen LogP) is 3.22. The topological polar surface area (TPSA) is 45.7 Å². The molecule has 0 bridgehead atoms. The summed E-state index contributed by atoms with van der Waals surface area (Å²) in [6, 6.07) is 17.4. The molecule has 2 aromatic carbocycles. The van der Waals surface area contributed by atoms with E-state index in [4.69, 9.17) is 4.74 Å². The molecule has 0 aromatic heterocycles. The number of ether oxygens (including phenoxy) is 1. The first-order chi connectivity index (χ1) is 11.7. The van der Waals surface area contributed by atoms with Crippen molar-refractivity contribution in [3.63, 3.8) is 0 Å². The van der Waals surface area contributed by atoms with E-state index in [0.29, 0.717) is 18.5 Å². The molecule has 1 aliphatic rings. The maximum atomic E-state index is 5.46. The zero-order valence-corrected chi connectivity index (χ0v) is 14.5. The van der Waals surface area contributed by atoms with Crippen LogP contribution in [0.1, 0.15) is 29.0 Å². The molecule has 2 unspecified atom stereocenters. The van der Waals surface area contributed by atoms with Gasteiger partial charge in [-0.05, 0) is 30.5 Å². The summed E-state index contributed by atoms with van der Waals surface area (Å²) in [6.45, 7) is 2.75. The number of hydrogen-bond donors (Lipinski definition) is 2. The minimum atomic E-state index is 0.457. The van der Waals surface area contributed by atoms with Gasteiger partial charge in [-0.1, -0.05) is 42.5 Å². The van der Waals surface area contributed by atoms with Gasteiger partial charge >= 0.3 is 0 Å². The molecule has 4 heteroatoms. The molecule has 2 atom stereocenters. The highest BCUT2D eigenvalue weighted by atomic mass is 16.5. The summed E-state index contributed by atoms with van der Waals surface area (Å²) >= 11 is 0. The van der Waals surface area contributed by atoms with E-state index in [2.05, 4.69) is 71.1 Å². The van der Waals surface area contributed by atoms with Crippen LogP contribution in [0.2, 0.25) is 0 Å². The van der Waals surface area contributed by atoms with Gasteiger partial charge in [0, 0.05) is 31.1 Å². The summed E-state index contributed by atoms with van der Waals surface area (Å²) in [5.41, 5.74) is 3.72. The molecule has 2 N–H and O–H groups in total. The predicted molar refractivity (Wildman–Crippen MR) is 98.7 cm³/mol. The van der Waals surface area contributed by atoms with E-state index in [0.717, 1.165) is 23.7 Å². The van der Waals surface area contributed by atoms with Gasteiger partial charge in [0.1, 0.15) is 5.75 Å². The van der Waals surface area contributed by atoms with Crippen molar-refractivity contribution in [2.75, 3.05) is 14.2 Å². The first kappa shape index (κ1) is 16.4. The monoisotopic (exact) mass is 323 g/mol. The molecule has 3 rings (SSSR count). The zero-order valence-electron chi connectivity index (χ0n) is 14.5. The highest BCUT2D eigenvalue weighted by molar-refractivity contribution is 5.80. The highest BCUT2D eigenvalue weighted by Crippen LogP contribution is 2.40. The number of methoxy groups -OCH3 is 1. The Morgan fingerprint density at radius 3 is 2.71 bits per heavy atom. The Morgan fingerprint density at radius 2 is 2.00 bits per heavy atom. The average molecular weight is 323 g/mol. The van der Waals surface area contributed by atoms with E-state index in [1.165, 1.54) is 11.1 Å². The van der Waals surface area contributed by atoms with Crippen molar-refractivity contribution in [3.05, 3.63) is 65.2 Å². The molecule has 1 saturated carbocycles. The normalized spacial score (nSPS) is 19.7. The SMILES string of the molecule is CN=C(NCc1ccc(C)cc1OC)NC1CC1c1ccccc1. The van der Waals surface area contributed by atoms with E-state index >= 15 is 0 Å². The van der Waals surface area contributed by atoms with Crippen LogP contribution in [0.25, 0.3) is 0 Å². The molecule has 0 aliphatic heterocycles. The third-order valence-electron chi connectivity index (χ3n) is 4.45. The van der Waals surface area contributed by atoms with Crippen molar-refractivity contribution in [2.45, 2.75) is 31.8 Å². The molecule has 0 heterocycles. The van der Waals surface area contributed by atoms with E-state index < -0.39 is 0 Å². The Kier molecular flexibility index (Phi) is 5.04. The molecule has 24 heavy (non-hydrogen) atoms. The van der Waals surface area contributed by atoms with Crippen molar-refractivity contribution in [1.29, 1.82) is 0 Å². The van der Waals surface area contributed by atoms with Crippen LogP contribution in [-0.2, 0) is 6.54 Å². The Labute approximate surface area is 144 Å². The number of hydrogen-bond acceptors (Lipinski definition) is 2. The largest absolute Gasteiger partial charge is 0.496 e. The standard InChI is InChI=1S/C20H25N3O/c1-14-9-10-16(19(11-14)24-3)13-22-20(21-2)23-18-12-17(18)15-7-5-4-6-8-15/h4-11,17-18H,12-13H2,1-3H3,(H2,21,22,23). The van der Waals surface area contributed by atoms with Gasteiger partial charge in [-0.25, -0.2) is 0 Å². The lowest BCUT2D eigenvalue weighted by molar-refractivity contribution is 0.408. The highest BCUT2D eigenvalue weighted by Gasteiger charge is 2.38. The molecular formula is C20H25N3O. The molecule has 0 spiro atoms. The average Bonchev–Trinajstić information content (AvgIpc) is 3.39. The lowest BCUT2D eigenvalue weighted by Crippen LogP contribution is -2.38. The zero-order chi connectivity index (χ0) is 16.9. The number of aliphatic imine (C=N–C) groups is 1. The van der Waals surface area contributed by atoms with Crippen LogP contribution in [0.3, 0.4) is 0 Å². The maximum absolute atomic E-state index is 5.46. The van der Waals surface area contributed by atoms with Crippen LogP contribution in [0.15, 0.2) is 53.5 Å². The van der Waals surface area contributed by atoms with Crippen LogP contribution in [0.4, 0.5) is 0 Å². The lowest BCUT2D eigenvalue weighted by Gasteiger charge is -2.14. The molecular weight excluding hydrogens is 298 g/mol. The van der Waals surface area contributed by atoms with Gasteiger partial charge in [0.15, 0.2) is 5.96 Å². The van der Waals surface area contributed by atoms with E-state index in [1.807, 2.05) is 7.05 Å². The molecule has 0 radical (unpaired) electrons. The first-order valence-electron chi connectivity index (χ1n) is 8.37. The second-order valence-electron chi connectivity index (χ2n) is 6.24. The Bertz CT molecular complexity index is 712. The Morgan fingerprint density at radius 1 is 1.21 bits per heavy atom. The third-order valence-corrected chi connectivity index (χ3v) is 4.45. The van der Waals surface area contributed by atoms with Gasteiger partial charge in [0.05, 0.1) is 7.11 Å². The number of rotatable bonds is 5. The number of nitrogens with one attached hydrogen (secondary N) is 2. The molecule has 1 fully saturated rings. The number of benzene rings is 2. The van der Waals surface area contributed by atoms with Crippen molar-refractivity contribution in [1.82, 2.24) is 10.6 Å². The number of guanidine groups is 1. The van der Waals surface area contributed by atoms with Gasteiger partial charge in [-0.3, -0.25) is 4.99 Å². The second kappa shape index (κ2) is 7.39. The van der Waals surface area contributed by atoms with E-state index in [1.54, 1.807) is 7.11 Å². The molecule has 4 nitrogen and oxygen atoms in total. The van der Waals surface area contributed by atoms with Crippen molar-refractivity contribution >= 4 is 5.96 Å².